The predicted molar refractivity (Wildman–Crippen MR) is 67.4 cm³/mol. The zero-order chi connectivity index (χ0) is 15.1. The van der Waals surface area contributed by atoms with Crippen LogP contribution in [0.15, 0.2) is 0 Å². The van der Waals surface area contributed by atoms with Gasteiger partial charge in [-0.05, 0) is 32.6 Å². The summed E-state index contributed by atoms with van der Waals surface area (Å²) in [5, 5.41) is 5.70. The highest BCUT2D eigenvalue weighted by molar-refractivity contribution is 6.32. The fourth-order valence-corrected chi connectivity index (χ4v) is 2.11. The minimum absolute atomic E-state index is 0.132. The highest BCUT2D eigenvalue weighted by Gasteiger charge is 2.39. The first-order valence-electron chi connectivity index (χ1n) is 6.31. The Balaban J connectivity index is 2.16. The van der Waals surface area contributed by atoms with Crippen LogP contribution in [0.5, 0.6) is 0 Å². The number of carbonyl (C=O) groups excluding carboxylic acids is 1. The van der Waals surface area contributed by atoms with E-state index in [2.05, 4.69) is 10.4 Å². The first-order chi connectivity index (χ1) is 9.21. The number of nitrogens with one attached hydrogen (secondary N) is 1. The van der Waals surface area contributed by atoms with Gasteiger partial charge in [0.15, 0.2) is 5.69 Å². The minimum Gasteiger partial charge on any atom is -0.354 e. The second-order valence-corrected chi connectivity index (χ2v) is 5.43. The van der Waals surface area contributed by atoms with Gasteiger partial charge in [-0.3, -0.25) is 9.48 Å². The molecule has 20 heavy (non-hydrogen) atoms. The number of alkyl halides is 3. The Morgan fingerprint density at radius 3 is 2.60 bits per heavy atom. The molecule has 0 spiro atoms. The SMILES string of the molecule is Cc1c(Cl)c(C(F)(F)F)nn1C(C)C(=O)NCC1CC1. The quantitative estimate of drug-likeness (QED) is 0.929. The summed E-state index contributed by atoms with van der Waals surface area (Å²) in [7, 11) is 0. The lowest BCUT2D eigenvalue weighted by molar-refractivity contribution is -0.141. The van der Waals surface area contributed by atoms with Crippen molar-refractivity contribution in [1.82, 2.24) is 15.1 Å². The first-order valence-corrected chi connectivity index (χ1v) is 6.69. The summed E-state index contributed by atoms with van der Waals surface area (Å²) in [6.45, 7) is 3.47. The molecular weight excluding hydrogens is 295 g/mol. The van der Waals surface area contributed by atoms with Crippen LogP contribution in [-0.2, 0) is 11.0 Å². The Kier molecular flexibility index (Phi) is 4.00. The summed E-state index contributed by atoms with van der Waals surface area (Å²) in [5.74, 6) is 0.145. The van der Waals surface area contributed by atoms with Gasteiger partial charge >= 0.3 is 6.18 Å². The van der Waals surface area contributed by atoms with Crippen molar-refractivity contribution in [2.75, 3.05) is 6.54 Å². The third-order valence-corrected chi connectivity index (χ3v) is 3.81. The molecule has 1 N–H and O–H groups in total. The van der Waals surface area contributed by atoms with E-state index in [1.807, 2.05) is 0 Å². The van der Waals surface area contributed by atoms with E-state index in [1.165, 1.54) is 13.8 Å². The predicted octanol–water partition coefficient (Wildman–Crippen LogP) is 2.95. The van der Waals surface area contributed by atoms with Crippen molar-refractivity contribution in [2.24, 2.45) is 5.92 Å². The average Bonchev–Trinajstić information content (AvgIpc) is 3.12. The molecular formula is C12H15ClF3N3O. The van der Waals surface area contributed by atoms with E-state index in [9.17, 15) is 18.0 Å². The van der Waals surface area contributed by atoms with Gasteiger partial charge in [0.25, 0.3) is 0 Å². The number of hydrogen-bond acceptors (Lipinski definition) is 2. The maximum absolute atomic E-state index is 12.7. The topological polar surface area (TPSA) is 46.9 Å². The van der Waals surface area contributed by atoms with Crippen molar-refractivity contribution in [3.63, 3.8) is 0 Å². The zero-order valence-electron chi connectivity index (χ0n) is 11.1. The van der Waals surface area contributed by atoms with Gasteiger partial charge in [-0.1, -0.05) is 11.6 Å². The number of carbonyl (C=O) groups is 1. The average molecular weight is 310 g/mol. The molecule has 1 amide bonds. The van der Waals surface area contributed by atoms with Gasteiger partial charge < -0.3 is 5.32 Å². The van der Waals surface area contributed by atoms with Gasteiger partial charge in [0.1, 0.15) is 6.04 Å². The molecule has 2 rings (SSSR count). The van der Waals surface area contributed by atoms with Crippen LogP contribution in [0.3, 0.4) is 0 Å². The van der Waals surface area contributed by atoms with Crippen molar-refractivity contribution in [3.05, 3.63) is 16.4 Å². The van der Waals surface area contributed by atoms with Gasteiger partial charge in [0, 0.05) is 6.54 Å². The number of aromatic nitrogens is 2. The number of amides is 1. The molecule has 1 aromatic heterocycles. The molecule has 0 aliphatic heterocycles. The molecule has 0 saturated heterocycles. The maximum Gasteiger partial charge on any atom is 0.436 e. The highest BCUT2D eigenvalue weighted by atomic mass is 35.5. The Labute approximate surface area is 119 Å². The van der Waals surface area contributed by atoms with E-state index in [0.717, 1.165) is 17.5 Å². The van der Waals surface area contributed by atoms with Crippen LogP contribution in [0.2, 0.25) is 5.02 Å². The van der Waals surface area contributed by atoms with Gasteiger partial charge in [-0.2, -0.15) is 18.3 Å². The fourth-order valence-electron chi connectivity index (χ4n) is 1.88. The van der Waals surface area contributed by atoms with E-state index in [4.69, 9.17) is 11.6 Å². The molecule has 0 aromatic carbocycles. The van der Waals surface area contributed by atoms with Crippen molar-refractivity contribution < 1.29 is 18.0 Å². The maximum atomic E-state index is 12.7. The first kappa shape index (κ1) is 15.2. The summed E-state index contributed by atoms with van der Waals surface area (Å²) in [6.07, 6.45) is -2.46. The minimum atomic E-state index is -4.63. The van der Waals surface area contributed by atoms with Crippen LogP contribution in [-0.4, -0.2) is 22.2 Å². The zero-order valence-corrected chi connectivity index (χ0v) is 11.8. The molecule has 4 nitrogen and oxygen atoms in total. The second kappa shape index (κ2) is 5.27. The van der Waals surface area contributed by atoms with E-state index in [0.29, 0.717) is 12.5 Å². The van der Waals surface area contributed by atoms with Crippen LogP contribution in [0.4, 0.5) is 13.2 Å². The number of nitrogens with zero attached hydrogens (tertiary/aromatic N) is 2. The summed E-state index contributed by atoms with van der Waals surface area (Å²) in [5.41, 5.74) is -1.02. The number of rotatable bonds is 4. The molecule has 1 saturated carbocycles. The Morgan fingerprint density at radius 1 is 1.55 bits per heavy atom. The van der Waals surface area contributed by atoms with Crippen LogP contribution in [0.25, 0.3) is 0 Å². The van der Waals surface area contributed by atoms with E-state index < -0.39 is 22.9 Å². The van der Waals surface area contributed by atoms with Gasteiger partial charge in [-0.15, -0.1) is 0 Å². The summed E-state index contributed by atoms with van der Waals surface area (Å²) in [6, 6.07) is -0.831. The number of hydrogen-bond donors (Lipinski definition) is 1. The molecule has 1 fully saturated rings. The lowest BCUT2D eigenvalue weighted by Gasteiger charge is -2.14. The Hall–Kier alpha value is -1.24. The van der Waals surface area contributed by atoms with E-state index in [-0.39, 0.29) is 11.6 Å². The molecule has 112 valence electrons. The van der Waals surface area contributed by atoms with E-state index >= 15 is 0 Å². The number of halogens is 4. The third kappa shape index (κ3) is 3.08. The van der Waals surface area contributed by atoms with E-state index in [1.54, 1.807) is 0 Å². The summed E-state index contributed by atoms with van der Waals surface area (Å²) >= 11 is 5.65. The fraction of sp³-hybridized carbons (Fsp3) is 0.667. The molecule has 0 radical (unpaired) electrons. The lowest BCUT2D eigenvalue weighted by atomic mass is 10.3. The lowest BCUT2D eigenvalue weighted by Crippen LogP contribution is -2.33. The van der Waals surface area contributed by atoms with Crippen molar-refractivity contribution in [3.8, 4) is 0 Å². The molecule has 8 heteroatoms. The van der Waals surface area contributed by atoms with Gasteiger partial charge in [0.05, 0.1) is 10.7 Å². The molecule has 1 aliphatic carbocycles. The molecule has 1 aliphatic rings. The van der Waals surface area contributed by atoms with Gasteiger partial charge in [0.2, 0.25) is 5.91 Å². The largest absolute Gasteiger partial charge is 0.436 e. The van der Waals surface area contributed by atoms with Crippen molar-refractivity contribution in [1.29, 1.82) is 0 Å². The van der Waals surface area contributed by atoms with Crippen LogP contribution < -0.4 is 5.32 Å². The molecule has 1 aromatic rings. The van der Waals surface area contributed by atoms with Crippen molar-refractivity contribution in [2.45, 2.75) is 38.9 Å². The smallest absolute Gasteiger partial charge is 0.354 e. The third-order valence-electron chi connectivity index (χ3n) is 3.35. The van der Waals surface area contributed by atoms with Gasteiger partial charge in [-0.25, -0.2) is 0 Å². The normalized spacial score (nSPS) is 17.1. The highest BCUT2D eigenvalue weighted by Crippen LogP contribution is 2.36. The van der Waals surface area contributed by atoms with Crippen molar-refractivity contribution >= 4 is 17.5 Å². The second-order valence-electron chi connectivity index (χ2n) is 5.05. The van der Waals surface area contributed by atoms with Crippen LogP contribution >= 0.6 is 11.6 Å². The van der Waals surface area contributed by atoms with Crippen LogP contribution in [0.1, 0.15) is 37.2 Å². The molecule has 1 heterocycles. The standard InChI is InChI=1S/C12H15ClF3N3O/c1-6-9(13)10(12(14,15)16)18-19(6)7(2)11(20)17-5-8-3-4-8/h7-8H,3-5H2,1-2H3,(H,17,20). The monoisotopic (exact) mass is 309 g/mol. The Bertz CT molecular complexity index is 523. The Morgan fingerprint density at radius 2 is 2.15 bits per heavy atom. The van der Waals surface area contributed by atoms with Crippen LogP contribution in [0, 0.1) is 12.8 Å². The molecule has 0 bridgehead atoms. The summed E-state index contributed by atoms with van der Waals surface area (Å²) in [4.78, 5) is 11.9. The molecule has 1 unspecified atom stereocenters. The summed E-state index contributed by atoms with van der Waals surface area (Å²) < 4.78 is 39.1. The molecule has 1 atom stereocenters.